The maximum absolute atomic E-state index is 13.8. The van der Waals surface area contributed by atoms with Gasteiger partial charge in [-0.1, -0.05) is 80.0 Å². The number of amides is 2. The van der Waals surface area contributed by atoms with Gasteiger partial charge in [-0.3, -0.25) is 4.79 Å². The third-order valence-electron chi connectivity index (χ3n) is 7.44. The summed E-state index contributed by atoms with van der Waals surface area (Å²) in [5.74, 6) is -1.21. The average molecular weight is 620 g/mol. The van der Waals surface area contributed by atoms with E-state index in [1.54, 1.807) is 30.5 Å². The fourth-order valence-electron chi connectivity index (χ4n) is 5.00. The SMILES string of the molecule is [B]c1cccc2c(-c3oc([C@@H](NC(=O)[C@H](Cc4ccc(O)cc4)NC(=O)OCc4ccccc4)C(C)C)nc3C(=O)OC)c[nH]c12. The van der Waals surface area contributed by atoms with Gasteiger partial charge in [-0.05, 0) is 29.2 Å². The van der Waals surface area contributed by atoms with Crippen LogP contribution in [0.25, 0.3) is 22.2 Å². The van der Waals surface area contributed by atoms with Crippen LogP contribution in [0, 0.1) is 5.92 Å². The van der Waals surface area contributed by atoms with Crippen molar-refractivity contribution in [1.82, 2.24) is 20.6 Å². The average Bonchev–Trinajstić information content (AvgIpc) is 3.68. The molecule has 4 N–H and O–H groups in total. The van der Waals surface area contributed by atoms with Crippen molar-refractivity contribution >= 4 is 42.2 Å². The number of aromatic hydroxyl groups is 1. The monoisotopic (exact) mass is 620 g/mol. The van der Waals surface area contributed by atoms with Gasteiger partial charge in [0.15, 0.2) is 11.5 Å². The minimum absolute atomic E-state index is 0.0176. The Bertz CT molecular complexity index is 1830. The van der Waals surface area contributed by atoms with Crippen molar-refractivity contribution in [3.05, 3.63) is 102 Å². The Labute approximate surface area is 266 Å². The first-order valence-electron chi connectivity index (χ1n) is 14.6. The Morgan fingerprint density at radius 2 is 1.72 bits per heavy atom. The van der Waals surface area contributed by atoms with Crippen LogP contribution in [0.4, 0.5) is 4.79 Å². The second-order valence-electron chi connectivity index (χ2n) is 11.1. The molecular formula is C34H33BN4O7. The molecule has 0 bridgehead atoms. The van der Waals surface area contributed by atoms with Gasteiger partial charge in [0.25, 0.3) is 0 Å². The Kier molecular flexibility index (Phi) is 9.75. The van der Waals surface area contributed by atoms with E-state index in [9.17, 15) is 19.5 Å². The van der Waals surface area contributed by atoms with Gasteiger partial charge in [-0.15, -0.1) is 0 Å². The number of rotatable bonds is 11. The molecule has 0 aliphatic rings. The number of benzene rings is 3. The van der Waals surface area contributed by atoms with Crippen molar-refractivity contribution in [2.45, 2.75) is 39.0 Å². The summed E-state index contributed by atoms with van der Waals surface area (Å²) in [4.78, 5) is 47.1. The molecule has 0 spiro atoms. The van der Waals surface area contributed by atoms with Gasteiger partial charge in [0.2, 0.25) is 11.8 Å². The smallest absolute Gasteiger partial charge is 0.408 e. The topological polar surface area (TPSA) is 156 Å². The number of para-hydroxylation sites is 1. The minimum atomic E-state index is -1.07. The summed E-state index contributed by atoms with van der Waals surface area (Å²) >= 11 is 0. The number of hydrogen-bond acceptors (Lipinski definition) is 8. The number of hydrogen-bond donors (Lipinski definition) is 4. The van der Waals surface area contributed by atoms with Gasteiger partial charge in [-0.25, -0.2) is 14.6 Å². The molecule has 11 nitrogen and oxygen atoms in total. The van der Waals surface area contributed by atoms with Crippen molar-refractivity contribution in [2.24, 2.45) is 5.92 Å². The number of oxazole rings is 1. The zero-order valence-electron chi connectivity index (χ0n) is 25.6. The van der Waals surface area contributed by atoms with Crippen LogP contribution in [0.5, 0.6) is 5.75 Å². The number of H-pyrrole nitrogens is 1. The van der Waals surface area contributed by atoms with Crippen LogP contribution in [-0.4, -0.2) is 54.0 Å². The maximum Gasteiger partial charge on any atom is 0.408 e. The van der Waals surface area contributed by atoms with E-state index in [0.29, 0.717) is 27.5 Å². The lowest BCUT2D eigenvalue weighted by Gasteiger charge is -2.24. The number of ether oxygens (including phenoxy) is 2. The summed E-state index contributed by atoms with van der Waals surface area (Å²) in [5.41, 5.74) is 3.14. The molecule has 2 aromatic heterocycles. The first kappa shape index (κ1) is 31.9. The number of phenols is 1. The fraction of sp³-hybridized carbons (Fsp3) is 0.235. The lowest BCUT2D eigenvalue weighted by atomic mass is 9.93. The summed E-state index contributed by atoms with van der Waals surface area (Å²) in [7, 11) is 7.37. The van der Waals surface area contributed by atoms with Crippen LogP contribution in [0.2, 0.25) is 0 Å². The van der Waals surface area contributed by atoms with E-state index < -0.39 is 30.1 Å². The lowest BCUT2D eigenvalue weighted by Crippen LogP contribution is -2.49. The van der Waals surface area contributed by atoms with Gasteiger partial charge < -0.3 is 34.6 Å². The minimum Gasteiger partial charge on any atom is -0.508 e. The van der Waals surface area contributed by atoms with Crippen LogP contribution in [0.1, 0.15) is 47.4 Å². The molecule has 0 aliphatic carbocycles. The Morgan fingerprint density at radius 3 is 2.41 bits per heavy atom. The predicted molar refractivity (Wildman–Crippen MR) is 172 cm³/mol. The lowest BCUT2D eigenvalue weighted by molar-refractivity contribution is -0.124. The number of methoxy groups -OCH3 is 1. The number of aromatic amines is 1. The molecule has 2 heterocycles. The van der Waals surface area contributed by atoms with E-state index in [2.05, 4.69) is 20.6 Å². The predicted octanol–water partition coefficient (Wildman–Crippen LogP) is 4.46. The number of nitrogens with one attached hydrogen (secondary N) is 3. The summed E-state index contributed by atoms with van der Waals surface area (Å²) in [6.45, 7) is 3.73. The largest absolute Gasteiger partial charge is 0.508 e. The maximum atomic E-state index is 13.8. The number of fused-ring (bicyclic) bond motifs is 1. The van der Waals surface area contributed by atoms with Crippen LogP contribution in [-0.2, 0) is 27.3 Å². The van der Waals surface area contributed by atoms with Crippen LogP contribution < -0.4 is 16.1 Å². The molecule has 5 rings (SSSR count). The first-order valence-corrected chi connectivity index (χ1v) is 14.6. The second kappa shape index (κ2) is 14.1. The third-order valence-corrected chi connectivity index (χ3v) is 7.44. The van der Waals surface area contributed by atoms with Gasteiger partial charge in [0, 0.05) is 29.1 Å². The standard InChI is InChI=1S/C34H33BN4O7/c1-19(2)27(32-39-29(33(42)44-3)30(46-32)24-17-36-28-23(24)10-7-11-25(28)35)38-31(41)26(16-20-12-14-22(40)15-13-20)37-34(43)45-18-21-8-5-4-6-9-21/h4-15,17,19,26-27,36,40H,16,18H2,1-3H3,(H,37,43)(H,38,41)/t26-,27-/m0/s1. The van der Waals surface area contributed by atoms with E-state index in [1.807, 2.05) is 50.2 Å². The zero-order valence-corrected chi connectivity index (χ0v) is 25.6. The second-order valence-corrected chi connectivity index (χ2v) is 11.1. The molecule has 234 valence electrons. The van der Waals surface area contributed by atoms with E-state index in [-0.39, 0.29) is 42.0 Å². The number of carbonyl (C=O) groups excluding carboxylic acids is 3. The molecule has 2 radical (unpaired) electrons. The van der Waals surface area contributed by atoms with E-state index in [4.69, 9.17) is 21.7 Å². The quantitative estimate of drug-likeness (QED) is 0.125. The number of esters is 1. The van der Waals surface area contributed by atoms with Crippen LogP contribution in [0.3, 0.4) is 0 Å². The normalized spacial score (nSPS) is 12.4. The van der Waals surface area contributed by atoms with Gasteiger partial charge in [-0.2, -0.15) is 0 Å². The Hall–Kier alpha value is -5.52. The van der Waals surface area contributed by atoms with Crippen molar-refractivity contribution in [1.29, 1.82) is 0 Å². The summed E-state index contributed by atoms with van der Waals surface area (Å²) < 4.78 is 16.6. The molecule has 0 unspecified atom stereocenters. The highest BCUT2D eigenvalue weighted by atomic mass is 16.5. The Morgan fingerprint density at radius 1 is 0.978 bits per heavy atom. The third kappa shape index (κ3) is 7.23. The fourth-order valence-corrected chi connectivity index (χ4v) is 5.00. The molecule has 5 aromatic rings. The highest BCUT2D eigenvalue weighted by Crippen LogP contribution is 2.34. The van der Waals surface area contributed by atoms with Gasteiger partial charge in [0.1, 0.15) is 32.3 Å². The van der Waals surface area contributed by atoms with E-state index in [0.717, 1.165) is 5.56 Å². The van der Waals surface area contributed by atoms with Gasteiger partial charge in [0.05, 0.1) is 7.11 Å². The molecule has 2 atom stereocenters. The van der Waals surface area contributed by atoms with Crippen molar-refractivity contribution in [2.75, 3.05) is 7.11 Å². The zero-order chi connectivity index (χ0) is 32.8. The highest BCUT2D eigenvalue weighted by molar-refractivity contribution is 6.38. The Balaban J connectivity index is 1.43. The number of phenolic OH excluding ortho intramolecular Hbond substituents is 1. The molecule has 0 aliphatic heterocycles. The number of alkyl carbamates (subject to hydrolysis) is 1. The van der Waals surface area contributed by atoms with Crippen molar-refractivity contribution in [3.63, 3.8) is 0 Å². The molecule has 46 heavy (non-hydrogen) atoms. The summed E-state index contributed by atoms with van der Waals surface area (Å²) in [6, 6.07) is 19.0. The molecule has 0 saturated heterocycles. The molecule has 12 heteroatoms. The van der Waals surface area contributed by atoms with E-state index >= 15 is 0 Å². The van der Waals surface area contributed by atoms with Crippen molar-refractivity contribution < 1.29 is 33.4 Å². The van der Waals surface area contributed by atoms with Gasteiger partial charge >= 0.3 is 12.1 Å². The summed E-state index contributed by atoms with van der Waals surface area (Å²) in [6.07, 6.45) is 0.978. The molecule has 0 saturated carbocycles. The number of nitrogens with zero attached hydrogens (tertiary/aromatic N) is 1. The van der Waals surface area contributed by atoms with Crippen LogP contribution >= 0.6 is 0 Å². The molecule has 3 aromatic carbocycles. The summed E-state index contributed by atoms with van der Waals surface area (Å²) in [5, 5.41) is 16.0. The molecule has 2 amide bonds. The van der Waals surface area contributed by atoms with Crippen LogP contribution in [0.15, 0.2) is 83.4 Å². The molecular weight excluding hydrogens is 587 g/mol. The molecule has 0 fully saturated rings. The van der Waals surface area contributed by atoms with E-state index in [1.165, 1.54) is 19.2 Å². The number of carbonyl (C=O) groups is 3. The highest BCUT2D eigenvalue weighted by Gasteiger charge is 2.32. The number of aromatic nitrogens is 2. The first-order chi connectivity index (χ1) is 22.1. The van der Waals surface area contributed by atoms with Crippen molar-refractivity contribution in [3.8, 4) is 17.1 Å².